The Morgan fingerprint density at radius 1 is 1.71 bits per heavy atom. The number of halogens is 1. The van der Waals surface area contributed by atoms with Crippen LogP contribution in [0.3, 0.4) is 0 Å². The van der Waals surface area contributed by atoms with E-state index in [0.717, 1.165) is 6.08 Å². The molecule has 0 aromatic carbocycles. The molecular formula is C3H2AgBrO2. The first-order chi connectivity index (χ1) is 2.77. The summed E-state index contributed by atoms with van der Waals surface area (Å²) in [6, 6.07) is 0. The van der Waals surface area contributed by atoms with Gasteiger partial charge in [0.15, 0.2) is 0 Å². The van der Waals surface area contributed by atoms with Crippen LogP contribution in [-0.4, -0.2) is 5.97 Å². The minimum atomic E-state index is -1.19. The van der Waals surface area contributed by atoms with Crippen molar-refractivity contribution in [3.05, 3.63) is 11.1 Å². The molecule has 0 heterocycles. The van der Waals surface area contributed by atoms with Crippen LogP contribution in [0.5, 0.6) is 0 Å². The van der Waals surface area contributed by atoms with E-state index in [-0.39, 0.29) is 22.4 Å². The summed E-state index contributed by atoms with van der Waals surface area (Å²) < 4.78 is 0. The van der Waals surface area contributed by atoms with Gasteiger partial charge in [0.2, 0.25) is 0 Å². The van der Waals surface area contributed by atoms with Crippen molar-refractivity contribution >= 4 is 21.9 Å². The van der Waals surface area contributed by atoms with Gasteiger partial charge in [0.25, 0.3) is 0 Å². The number of aliphatic carboxylic acids is 1. The quantitative estimate of drug-likeness (QED) is 0.476. The minimum absolute atomic E-state index is 0. The number of rotatable bonds is 1. The molecule has 0 saturated carbocycles. The van der Waals surface area contributed by atoms with Crippen LogP contribution in [0.2, 0.25) is 0 Å². The summed E-state index contributed by atoms with van der Waals surface area (Å²) in [5.74, 6) is -1.19. The van der Waals surface area contributed by atoms with Crippen molar-refractivity contribution in [1.82, 2.24) is 0 Å². The van der Waals surface area contributed by atoms with Crippen LogP contribution in [0.4, 0.5) is 0 Å². The standard InChI is InChI=1S/C3H3BrO2.Ag/c4-2-1-3(5)6;/h1-2H,(H,5,6);/q;+1/p-1/b2-1+;. The fourth-order valence-electron chi connectivity index (χ4n) is 0.0514. The average molecular weight is 258 g/mol. The summed E-state index contributed by atoms with van der Waals surface area (Å²) in [4.78, 5) is 10.6. The summed E-state index contributed by atoms with van der Waals surface area (Å²) >= 11 is 2.75. The molecule has 2 nitrogen and oxygen atoms in total. The van der Waals surface area contributed by atoms with Crippen molar-refractivity contribution < 1.29 is 32.3 Å². The third kappa shape index (κ3) is 10.7. The van der Waals surface area contributed by atoms with E-state index >= 15 is 0 Å². The molecule has 0 atom stereocenters. The molecule has 0 aliphatic carbocycles. The number of carbonyl (C=O) groups excluding carboxylic acids is 1. The smallest absolute Gasteiger partial charge is 0.545 e. The summed E-state index contributed by atoms with van der Waals surface area (Å²) in [5, 5.41) is 9.37. The maximum atomic E-state index is 9.37. The molecule has 0 aliphatic rings. The minimum Gasteiger partial charge on any atom is -0.545 e. The maximum Gasteiger partial charge on any atom is 1.00 e. The molecule has 0 aliphatic heterocycles. The molecule has 7 heavy (non-hydrogen) atoms. The first-order valence-electron chi connectivity index (χ1n) is 1.25. The van der Waals surface area contributed by atoms with E-state index in [1.165, 1.54) is 4.99 Å². The normalized spacial score (nSPS) is 8.14. The molecule has 0 saturated heterocycles. The van der Waals surface area contributed by atoms with Gasteiger partial charge in [-0.3, -0.25) is 0 Å². The molecule has 4 heteroatoms. The van der Waals surface area contributed by atoms with E-state index in [1.54, 1.807) is 0 Å². The summed E-state index contributed by atoms with van der Waals surface area (Å²) in [6.07, 6.45) is 0.889. The van der Waals surface area contributed by atoms with Crippen LogP contribution in [0.25, 0.3) is 0 Å². The predicted molar refractivity (Wildman–Crippen MR) is 23.1 cm³/mol. The first-order valence-corrected chi connectivity index (χ1v) is 2.16. The second-order valence-electron chi connectivity index (χ2n) is 0.612. The van der Waals surface area contributed by atoms with Crippen LogP contribution in [0, 0.1) is 0 Å². The van der Waals surface area contributed by atoms with Crippen LogP contribution in [0.15, 0.2) is 11.1 Å². The topological polar surface area (TPSA) is 40.1 Å². The zero-order valence-electron chi connectivity index (χ0n) is 3.15. The Morgan fingerprint density at radius 3 is 2.14 bits per heavy atom. The van der Waals surface area contributed by atoms with Crippen molar-refractivity contribution in [3.63, 3.8) is 0 Å². The Kier molecular flexibility index (Phi) is 9.57. The monoisotopic (exact) mass is 256 g/mol. The van der Waals surface area contributed by atoms with E-state index in [1.807, 2.05) is 0 Å². The molecule has 0 radical (unpaired) electrons. The summed E-state index contributed by atoms with van der Waals surface area (Å²) in [6.45, 7) is 0. The summed E-state index contributed by atoms with van der Waals surface area (Å²) in [5.41, 5.74) is 0. The first kappa shape index (κ1) is 10.4. The molecule has 0 aromatic heterocycles. The van der Waals surface area contributed by atoms with Gasteiger partial charge in [-0.1, -0.05) is 15.9 Å². The number of hydrogen-bond donors (Lipinski definition) is 0. The van der Waals surface area contributed by atoms with Crippen LogP contribution in [-0.2, 0) is 27.2 Å². The third-order valence-corrected chi connectivity index (χ3v) is 0.463. The second-order valence-corrected chi connectivity index (χ2v) is 1.14. The van der Waals surface area contributed by atoms with Crippen LogP contribution >= 0.6 is 15.9 Å². The average Bonchev–Trinajstić information content (AvgIpc) is 1.35. The Hall–Kier alpha value is 0.430. The zero-order valence-corrected chi connectivity index (χ0v) is 6.22. The van der Waals surface area contributed by atoms with Crippen molar-refractivity contribution in [2.24, 2.45) is 0 Å². The number of carboxylic acid groups (broad SMARTS) is 1. The molecule has 44 valence electrons. The third-order valence-electron chi connectivity index (χ3n) is 0.199. The molecule has 0 rings (SSSR count). The zero-order chi connectivity index (χ0) is 4.99. The second kappa shape index (κ2) is 6.43. The van der Waals surface area contributed by atoms with Crippen LogP contribution in [0.1, 0.15) is 0 Å². The van der Waals surface area contributed by atoms with Gasteiger partial charge in [0, 0.05) is 0 Å². The fraction of sp³-hybridized carbons (Fsp3) is 0. The van der Waals surface area contributed by atoms with Crippen molar-refractivity contribution in [1.29, 1.82) is 0 Å². The molecule has 0 spiro atoms. The Balaban J connectivity index is 0. The Bertz CT molecular complexity index is 81.0. The van der Waals surface area contributed by atoms with Gasteiger partial charge in [0.05, 0.1) is 5.97 Å². The largest absolute Gasteiger partial charge is 1.00 e. The molecular weight excluding hydrogens is 256 g/mol. The molecule has 0 amide bonds. The molecule has 0 unspecified atom stereocenters. The van der Waals surface area contributed by atoms with Gasteiger partial charge in [-0.05, 0) is 11.1 Å². The SMILES string of the molecule is O=C([O-])/C=C/Br.[Ag+]. The summed E-state index contributed by atoms with van der Waals surface area (Å²) in [7, 11) is 0. The molecule has 0 fully saturated rings. The van der Waals surface area contributed by atoms with Gasteiger partial charge < -0.3 is 9.90 Å². The molecule has 0 aromatic rings. The fourth-order valence-corrected chi connectivity index (χ4v) is 0.267. The van der Waals surface area contributed by atoms with Gasteiger partial charge in [-0.25, -0.2) is 0 Å². The van der Waals surface area contributed by atoms with E-state index in [9.17, 15) is 9.90 Å². The molecule has 0 bridgehead atoms. The van der Waals surface area contributed by atoms with Gasteiger partial charge >= 0.3 is 22.4 Å². The number of carbonyl (C=O) groups is 1. The number of hydrogen-bond acceptors (Lipinski definition) is 2. The van der Waals surface area contributed by atoms with E-state index in [0.29, 0.717) is 0 Å². The van der Waals surface area contributed by atoms with E-state index in [4.69, 9.17) is 0 Å². The van der Waals surface area contributed by atoms with Crippen LogP contribution < -0.4 is 5.11 Å². The van der Waals surface area contributed by atoms with Gasteiger partial charge in [0.1, 0.15) is 0 Å². The predicted octanol–water partition coefficient (Wildman–Crippen LogP) is -0.358. The Morgan fingerprint density at radius 2 is 2.14 bits per heavy atom. The van der Waals surface area contributed by atoms with Crippen molar-refractivity contribution in [2.45, 2.75) is 0 Å². The molecule has 0 N–H and O–H groups in total. The van der Waals surface area contributed by atoms with Gasteiger partial charge in [-0.15, -0.1) is 0 Å². The maximum absolute atomic E-state index is 9.37. The van der Waals surface area contributed by atoms with Crippen molar-refractivity contribution in [3.8, 4) is 0 Å². The van der Waals surface area contributed by atoms with E-state index < -0.39 is 5.97 Å². The van der Waals surface area contributed by atoms with Gasteiger partial charge in [-0.2, -0.15) is 0 Å². The van der Waals surface area contributed by atoms with E-state index in [2.05, 4.69) is 15.9 Å². The Labute approximate surface area is 65.2 Å². The number of carboxylic acids is 1. The van der Waals surface area contributed by atoms with Crippen molar-refractivity contribution in [2.75, 3.05) is 0 Å².